The van der Waals surface area contributed by atoms with Crippen LogP contribution < -0.4 is 0 Å². The molecule has 5 heteroatoms. The van der Waals surface area contributed by atoms with Gasteiger partial charge in [0.05, 0.1) is 7.11 Å². The Balaban J connectivity index is 4.48. The summed E-state index contributed by atoms with van der Waals surface area (Å²) in [6, 6.07) is 0. The Kier molecular flexibility index (Phi) is 4.36. The zero-order valence-corrected chi connectivity index (χ0v) is 9.26. The van der Waals surface area contributed by atoms with Crippen molar-refractivity contribution in [2.45, 2.75) is 23.7 Å². The van der Waals surface area contributed by atoms with Crippen LogP contribution in [0.4, 0.5) is 8.78 Å². The van der Waals surface area contributed by atoms with Gasteiger partial charge in [-0.25, -0.2) is 4.79 Å². The van der Waals surface area contributed by atoms with Crippen LogP contribution in [0.15, 0.2) is 0 Å². The second kappa shape index (κ2) is 4.34. The summed E-state index contributed by atoms with van der Waals surface area (Å²) in [5, 5.41) is 0. The second-order valence-corrected chi connectivity index (χ2v) is 4.55. The average molecular weight is 292 g/mol. The van der Waals surface area contributed by atoms with Crippen LogP contribution in [-0.2, 0) is 9.53 Å². The summed E-state index contributed by atoms with van der Waals surface area (Å²) in [4.78, 5) is 10.6. The summed E-state index contributed by atoms with van der Waals surface area (Å²) in [6.07, 6.45) is 0. The molecule has 0 radical (unpaired) electrons. The molecule has 0 saturated carbocycles. The quantitative estimate of drug-likeness (QED) is 0.453. The smallest absolute Gasteiger partial charge is 0.377 e. The molecular weight excluding hydrogens is 281 g/mol. The van der Waals surface area contributed by atoms with Crippen LogP contribution in [0.2, 0.25) is 0 Å². The minimum absolute atomic E-state index is 0.281. The lowest BCUT2D eigenvalue weighted by molar-refractivity contribution is -0.175. The number of hydrogen-bond donors (Lipinski definition) is 0. The van der Waals surface area contributed by atoms with Crippen molar-refractivity contribution in [2.24, 2.45) is 5.92 Å². The summed E-state index contributed by atoms with van der Waals surface area (Å²) in [6.45, 7) is 2.95. The first kappa shape index (κ1) is 12.1. The summed E-state index contributed by atoms with van der Waals surface area (Å²) in [7, 11) is 0.959. The Morgan fingerprint density at radius 1 is 1.50 bits per heavy atom. The number of carbonyl (C=O) groups excluding carboxylic acids is 1. The molecule has 0 N–H and O–H groups in total. The van der Waals surface area contributed by atoms with Crippen molar-refractivity contribution in [3.63, 3.8) is 0 Å². The first-order chi connectivity index (χ1) is 5.34. The van der Waals surface area contributed by atoms with E-state index < -0.39 is 17.8 Å². The number of methoxy groups -OCH3 is 1. The van der Waals surface area contributed by atoms with E-state index in [0.29, 0.717) is 0 Å². The molecule has 2 atom stereocenters. The molecule has 2 nitrogen and oxygen atoms in total. The fourth-order valence-electron chi connectivity index (χ4n) is 0.610. The molecule has 0 fully saturated rings. The molecule has 0 spiro atoms. The first-order valence-corrected chi connectivity index (χ1v) is 4.69. The van der Waals surface area contributed by atoms with E-state index in [4.69, 9.17) is 0 Å². The minimum Gasteiger partial charge on any atom is -0.465 e. The van der Waals surface area contributed by atoms with E-state index in [2.05, 4.69) is 4.74 Å². The normalized spacial score (nSPS) is 16.8. The molecular formula is C7H11F2IO2. The lowest BCUT2D eigenvalue weighted by Gasteiger charge is -2.22. The molecule has 0 aromatic heterocycles. The van der Waals surface area contributed by atoms with Gasteiger partial charge in [-0.1, -0.05) is 36.4 Å². The van der Waals surface area contributed by atoms with Gasteiger partial charge in [0.25, 0.3) is 0 Å². The van der Waals surface area contributed by atoms with Gasteiger partial charge < -0.3 is 4.74 Å². The monoisotopic (exact) mass is 292 g/mol. The fraction of sp³-hybridized carbons (Fsp3) is 0.857. The molecule has 0 aromatic carbocycles. The molecule has 0 bridgehead atoms. The maximum absolute atomic E-state index is 13.0. The largest absolute Gasteiger partial charge is 0.465 e. The third kappa shape index (κ3) is 2.53. The molecule has 0 aliphatic rings. The van der Waals surface area contributed by atoms with Crippen molar-refractivity contribution in [3.8, 4) is 0 Å². The lowest BCUT2D eigenvalue weighted by atomic mass is 10.0. The molecule has 0 rings (SSSR count). The molecule has 0 aliphatic heterocycles. The number of esters is 1. The lowest BCUT2D eigenvalue weighted by Crippen LogP contribution is -2.40. The van der Waals surface area contributed by atoms with Gasteiger partial charge in [-0.15, -0.1) is 0 Å². The SMILES string of the molecule is COC(=O)C(F)(F)C(C)C(C)I. The van der Waals surface area contributed by atoms with E-state index >= 15 is 0 Å². The van der Waals surface area contributed by atoms with Gasteiger partial charge in [-0.3, -0.25) is 0 Å². The molecule has 0 heterocycles. The molecule has 0 amide bonds. The summed E-state index contributed by atoms with van der Waals surface area (Å²) < 4.78 is 29.7. The van der Waals surface area contributed by atoms with Crippen molar-refractivity contribution in [2.75, 3.05) is 7.11 Å². The van der Waals surface area contributed by atoms with Crippen LogP contribution in [0.5, 0.6) is 0 Å². The van der Waals surface area contributed by atoms with Crippen LogP contribution in [0.3, 0.4) is 0 Å². The van der Waals surface area contributed by atoms with Gasteiger partial charge in [-0.2, -0.15) is 8.78 Å². The average Bonchev–Trinajstić information content (AvgIpc) is 2.01. The standard InChI is InChI=1S/C7H11F2IO2/c1-4(5(2)10)7(8,9)6(11)12-3/h4-5H,1-3H3. The van der Waals surface area contributed by atoms with E-state index in [1.165, 1.54) is 6.92 Å². The second-order valence-electron chi connectivity index (χ2n) is 2.58. The Labute approximate surface area is 83.8 Å². The Bertz CT molecular complexity index is 171. The summed E-state index contributed by atoms with van der Waals surface area (Å²) >= 11 is 1.86. The Morgan fingerprint density at radius 3 is 2.17 bits per heavy atom. The van der Waals surface area contributed by atoms with Crippen LogP contribution in [0, 0.1) is 5.92 Å². The molecule has 0 aromatic rings. The van der Waals surface area contributed by atoms with Gasteiger partial charge in [0.1, 0.15) is 0 Å². The van der Waals surface area contributed by atoms with E-state index in [9.17, 15) is 13.6 Å². The maximum atomic E-state index is 13.0. The number of halogens is 3. The van der Waals surface area contributed by atoms with Crippen molar-refractivity contribution in [3.05, 3.63) is 0 Å². The van der Waals surface area contributed by atoms with Gasteiger partial charge >= 0.3 is 11.9 Å². The van der Waals surface area contributed by atoms with E-state index in [-0.39, 0.29) is 3.92 Å². The molecule has 2 unspecified atom stereocenters. The van der Waals surface area contributed by atoms with Gasteiger partial charge in [0.15, 0.2) is 0 Å². The van der Waals surface area contributed by atoms with Gasteiger partial charge in [-0.05, 0) is 0 Å². The van der Waals surface area contributed by atoms with E-state index in [0.717, 1.165) is 7.11 Å². The Hall–Kier alpha value is 0.0600. The van der Waals surface area contributed by atoms with Gasteiger partial charge in [0, 0.05) is 9.84 Å². The van der Waals surface area contributed by atoms with Crippen molar-refractivity contribution in [1.29, 1.82) is 0 Å². The predicted molar refractivity (Wildman–Crippen MR) is 49.6 cm³/mol. The van der Waals surface area contributed by atoms with Gasteiger partial charge in [0.2, 0.25) is 0 Å². The minimum atomic E-state index is -3.38. The van der Waals surface area contributed by atoms with E-state index in [1.54, 1.807) is 6.92 Å². The predicted octanol–water partition coefficient (Wildman–Crippen LogP) is 2.25. The van der Waals surface area contributed by atoms with Crippen LogP contribution in [-0.4, -0.2) is 22.9 Å². The van der Waals surface area contributed by atoms with E-state index in [1.807, 2.05) is 22.6 Å². The number of ether oxygens (including phenoxy) is 1. The van der Waals surface area contributed by atoms with Crippen molar-refractivity contribution < 1.29 is 18.3 Å². The number of alkyl halides is 3. The topological polar surface area (TPSA) is 26.3 Å². The number of rotatable bonds is 3. The molecule has 0 saturated heterocycles. The summed E-state index contributed by atoms with van der Waals surface area (Å²) in [5.74, 6) is -5.85. The highest BCUT2D eigenvalue weighted by atomic mass is 127. The highest BCUT2D eigenvalue weighted by Gasteiger charge is 2.47. The first-order valence-electron chi connectivity index (χ1n) is 3.44. The summed E-state index contributed by atoms with van der Waals surface area (Å²) in [5.41, 5.74) is 0. The zero-order valence-electron chi connectivity index (χ0n) is 7.11. The molecule has 0 aliphatic carbocycles. The van der Waals surface area contributed by atoms with Crippen LogP contribution >= 0.6 is 22.6 Å². The third-order valence-electron chi connectivity index (χ3n) is 1.72. The molecule has 72 valence electrons. The highest BCUT2D eigenvalue weighted by molar-refractivity contribution is 14.1. The van der Waals surface area contributed by atoms with Crippen LogP contribution in [0.1, 0.15) is 13.8 Å². The zero-order chi connectivity index (χ0) is 9.94. The molecule has 12 heavy (non-hydrogen) atoms. The van der Waals surface area contributed by atoms with Crippen LogP contribution in [0.25, 0.3) is 0 Å². The number of carbonyl (C=O) groups is 1. The van der Waals surface area contributed by atoms with Crippen molar-refractivity contribution in [1.82, 2.24) is 0 Å². The fourth-order valence-corrected chi connectivity index (χ4v) is 1.06. The Morgan fingerprint density at radius 2 is 1.92 bits per heavy atom. The highest BCUT2D eigenvalue weighted by Crippen LogP contribution is 2.31. The maximum Gasteiger partial charge on any atom is 0.377 e. The van der Waals surface area contributed by atoms with Crippen molar-refractivity contribution >= 4 is 28.6 Å². The third-order valence-corrected chi connectivity index (χ3v) is 2.80. The number of hydrogen-bond acceptors (Lipinski definition) is 2.